The molecule has 1 aliphatic rings. The Kier molecular flexibility index (Phi) is 5.83. The number of rotatable bonds is 7. The van der Waals surface area contributed by atoms with Gasteiger partial charge in [-0.1, -0.05) is 11.6 Å². The summed E-state index contributed by atoms with van der Waals surface area (Å²) in [4.78, 5) is 0.0537. The van der Waals surface area contributed by atoms with Gasteiger partial charge in [0.2, 0.25) is 10.0 Å². The first-order valence-electron chi connectivity index (χ1n) is 6.67. The van der Waals surface area contributed by atoms with E-state index in [9.17, 15) is 8.42 Å². The molecule has 1 atom stereocenters. The van der Waals surface area contributed by atoms with E-state index in [1.165, 1.54) is 6.07 Å². The Morgan fingerprint density at radius 1 is 1.43 bits per heavy atom. The minimum Gasteiger partial charge on any atom is -0.490 e. The average Bonchev–Trinajstić information content (AvgIpc) is 2.92. The molecule has 6 nitrogen and oxygen atoms in total. The maximum Gasteiger partial charge on any atom is 0.244 e. The second-order valence-electron chi connectivity index (χ2n) is 4.74. The molecule has 2 N–H and O–H groups in total. The molecular formula is C13H19ClN2O4S. The van der Waals surface area contributed by atoms with Crippen LogP contribution in [0.5, 0.6) is 5.75 Å². The highest BCUT2D eigenvalue weighted by Gasteiger charge is 2.25. The molecule has 1 aromatic carbocycles. The van der Waals surface area contributed by atoms with Gasteiger partial charge in [0.05, 0.1) is 6.61 Å². The quantitative estimate of drug-likeness (QED) is 0.728. The third kappa shape index (κ3) is 4.55. The molecule has 0 aliphatic carbocycles. The first kappa shape index (κ1) is 16.5. The van der Waals surface area contributed by atoms with Crippen molar-refractivity contribution in [3.05, 3.63) is 23.2 Å². The summed E-state index contributed by atoms with van der Waals surface area (Å²) in [6, 6.07) is 4.44. The third-order valence-corrected chi connectivity index (χ3v) is 4.90. The zero-order valence-electron chi connectivity index (χ0n) is 11.8. The lowest BCUT2D eigenvalue weighted by molar-refractivity contribution is 0.144. The van der Waals surface area contributed by atoms with Crippen LogP contribution in [0.2, 0.25) is 5.02 Å². The predicted octanol–water partition coefficient (Wildman–Crippen LogP) is 1.01. The highest BCUT2D eigenvalue weighted by atomic mass is 35.5. The van der Waals surface area contributed by atoms with Crippen molar-refractivity contribution in [2.75, 3.05) is 33.4 Å². The molecule has 0 amide bonds. The fourth-order valence-corrected chi connectivity index (χ4v) is 3.76. The standard InChI is InChI=1S/C13H19ClN2O4S/c1-19-6-7-20-12-3-2-10(14)8-13(12)21(17,18)16-11-4-5-15-9-11/h2-3,8,11,15-16H,4-7,9H2,1H3. The van der Waals surface area contributed by atoms with Gasteiger partial charge in [-0.3, -0.25) is 0 Å². The summed E-state index contributed by atoms with van der Waals surface area (Å²) < 4.78 is 38.0. The lowest BCUT2D eigenvalue weighted by Crippen LogP contribution is -2.36. The number of hydrogen-bond acceptors (Lipinski definition) is 5. The van der Waals surface area contributed by atoms with Crippen LogP contribution in [-0.4, -0.2) is 47.9 Å². The van der Waals surface area contributed by atoms with E-state index >= 15 is 0 Å². The summed E-state index contributed by atoms with van der Waals surface area (Å²) in [7, 11) is -2.12. The molecular weight excluding hydrogens is 316 g/mol. The van der Waals surface area contributed by atoms with Crippen molar-refractivity contribution < 1.29 is 17.9 Å². The number of halogens is 1. The van der Waals surface area contributed by atoms with Crippen LogP contribution in [0, 0.1) is 0 Å². The van der Waals surface area contributed by atoms with Crippen LogP contribution >= 0.6 is 11.6 Å². The minimum atomic E-state index is -3.67. The van der Waals surface area contributed by atoms with Crippen molar-refractivity contribution in [1.29, 1.82) is 0 Å². The topological polar surface area (TPSA) is 76.7 Å². The van der Waals surface area contributed by atoms with Gasteiger partial charge in [0.15, 0.2) is 0 Å². The van der Waals surface area contributed by atoms with E-state index in [-0.39, 0.29) is 23.3 Å². The third-order valence-electron chi connectivity index (χ3n) is 3.12. The fraction of sp³-hybridized carbons (Fsp3) is 0.538. The zero-order chi connectivity index (χ0) is 15.3. The summed E-state index contributed by atoms with van der Waals surface area (Å²) in [5, 5.41) is 3.46. The smallest absolute Gasteiger partial charge is 0.244 e. The van der Waals surface area contributed by atoms with Gasteiger partial charge in [0, 0.05) is 24.7 Å². The molecule has 0 aromatic heterocycles. The van der Waals surface area contributed by atoms with Gasteiger partial charge in [-0.2, -0.15) is 0 Å². The van der Waals surface area contributed by atoms with Crippen LogP contribution in [0.25, 0.3) is 0 Å². The van der Waals surface area contributed by atoms with Gasteiger partial charge in [-0.25, -0.2) is 13.1 Å². The largest absolute Gasteiger partial charge is 0.490 e. The Morgan fingerprint density at radius 3 is 2.90 bits per heavy atom. The molecule has 2 rings (SSSR count). The molecule has 118 valence electrons. The number of hydrogen-bond donors (Lipinski definition) is 2. The summed E-state index contributed by atoms with van der Waals surface area (Å²) in [5.41, 5.74) is 0. The van der Waals surface area contributed by atoms with E-state index in [1.54, 1.807) is 19.2 Å². The van der Waals surface area contributed by atoms with Crippen LogP contribution < -0.4 is 14.8 Å². The van der Waals surface area contributed by atoms with Gasteiger partial charge in [0.25, 0.3) is 0 Å². The van der Waals surface area contributed by atoms with Gasteiger partial charge in [0.1, 0.15) is 17.3 Å². The SMILES string of the molecule is COCCOc1ccc(Cl)cc1S(=O)(=O)NC1CCNC1. The zero-order valence-corrected chi connectivity index (χ0v) is 13.3. The second kappa shape index (κ2) is 7.42. The summed E-state index contributed by atoms with van der Waals surface area (Å²) in [5.74, 6) is 0.273. The highest BCUT2D eigenvalue weighted by molar-refractivity contribution is 7.89. The van der Waals surface area contributed by atoms with Crippen LogP contribution in [0.15, 0.2) is 23.1 Å². The van der Waals surface area contributed by atoms with Crippen molar-refractivity contribution in [1.82, 2.24) is 10.0 Å². The summed E-state index contributed by atoms with van der Waals surface area (Å²) >= 11 is 5.92. The van der Waals surface area contributed by atoms with E-state index in [1.807, 2.05) is 0 Å². The number of sulfonamides is 1. The molecule has 1 saturated heterocycles. The number of methoxy groups -OCH3 is 1. The van der Waals surface area contributed by atoms with Crippen LogP contribution in [0.4, 0.5) is 0 Å². The normalized spacial score (nSPS) is 18.9. The van der Waals surface area contributed by atoms with Crippen LogP contribution in [-0.2, 0) is 14.8 Å². The Balaban J connectivity index is 2.20. The summed E-state index contributed by atoms with van der Waals surface area (Å²) in [6.45, 7) is 2.08. The molecule has 1 aliphatic heterocycles. The van der Waals surface area contributed by atoms with Crippen molar-refractivity contribution in [3.8, 4) is 5.75 Å². The van der Waals surface area contributed by atoms with Gasteiger partial charge >= 0.3 is 0 Å². The second-order valence-corrected chi connectivity index (χ2v) is 6.86. The van der Waals surface area contributed by atoms with E-state index in [0.29, 0.717) is 18.2 Å². The van der Waals surface area contributed by atoms with Crippen molar-refractivity contribution in [2.24, 2.45) is 0 Å². The Hall–Kier alpha value is -0.860. The van der Waals surface area contributed by atoms with E-state index in [2.05, 4.69) is 10.0 Å². The lowest BCUT2D eigenvalue weighted by Gasteiger charge is -2.15. The van der Waals surface area contributed by atoms with Crippen molar-refractivity contribution >= 4 is 21.6 Å². The molecule has 1 aromatic rings. The molecule has 0 saturated carbocycles. The van der Waals surface area contributed by atoms with Gasteiger partial charge in [-0.15, -0.1) is 0 Å². The van der Waals surface area contributed by atoms with Gasteiger partial charge < -0.3 is 14.8 Å². The number of nitrogens with one attached hydrogen (secondary N) is 2. The molecule has 1 unspecified atom stereocenters. The molecule has 8 heteroatoms. The fourth-order valence-electron chi connectivity index (χ4n) is 2.08. The van der Waals surface area contributed by atoms with E-state index in [0.717, 1.165) is 13.0 Å². The Morgan fingerprint density at radius 2 is 2.24 bits per heavy atom. The monoisotopic (exact) mass is 334 g/mol. The van der Waals surface area contributed by atoms with Crippen LogP contribution in [0.1, 0.15) is 6.42 Å². The van der Waals surface area contributed by atoms with Crippen molar-refractivity contribution in [2.45, 2.75) is 17.4 Å². The molecule has 1 heterocycles. The highest BCUT2D eigenvalue weighted by Crippen LogP contribution is 2.27. The lowest BCUT2D eigenvalue weighted by atomic mass is 10.3. The molecule has 0 radical (unpaired) electrons. The predicted molar refractivity (Wildman–Crippen MR) is 80.4 cm³/mol. The first-order valence-corrected chi connectivity index (χ1v) is 8.53. The molecule has 0 bridgehead atoms. The Bertz CT molecular complexity index is 574. The Labute approximate surface area is 129 Å². The molecule has 1 fully saturated rings. The van der Waals surface area contributed by atoms with Gasteiger partial charge in [-0.05, 0) is 31.2 Å². The first-order chi connectivity index (χ1) is 10.0. The average molecular weight is 335 g/mol. The maximum absolute atomic E-state index is 12.5. The van der Waals surface area contributed by atoms with E-state index < -0.39 is 10.0 Å². The maximum atomic E-state index is 12.5. The van der Waals surface area contributed by atoms with Crippen molar-refractivity contribution in [3.63, 3.8) is 0 Å². The summed E-state index contributed by atoms with van der Waals surface area (Å²) in [6.07, 6.45) is 0.764. The molecule has 0 spiro atoms. The number of benzene rings is 1. The van der Waals surface area contributed by atoms with E-state index in [4.69, 9.17) is 21.1 Å². The molecule has 21 heavy (non-hydrogen) atoms. The minimum absolute atomic E-state index is 0.0537. The number of ether oxygens (including phenoxy) is 2. The van der Waals surface area contributed by atoms with Crippen LogP contribution in [0.3, 0.4) is 0 Å².